The first-order valence-electron chi connectivity index (χ1n) is 6.54. The number of halogens is 1. The molecule has 0 aliphatic carbocycles. The van der Waals surface area contributed by atoms with Crippen molar-refractivity contribution >= 4 is 21.6 Å². The van der Waals surface area contributed by atoms with E-state index in [-0.39, 0.29) is 0 Å². The molecule has 0 fully saturated rings. The minimum atomic E-state index is 0.666. The molecule has 0 unspecified atom stereocenters. The quantitative estimate of drug-likeness (QED) is 0.850. The third-order valence-electron chi connectivity index (χ3n) is 3.07. The fourth-order valence-corrected chi connectivity index (χ4v) is 2.47. The lowest BCUT2D eigenvalue weighted by Crippen LogP contribution is -2.09. The lowest BCUT2D eigenvalue weighted by atomic mass is 10.2. The molecule has 0 spiro atoms. The van der Waals surface area contributed by atoms with E-state index >= 15 is 0 Å². The van der Waals surface area contributed by atoms with Crippen molar-refractivity contribution in [3.8, 4) is 6.07 Å². The molecule has 0 radical (unpaired) electrons. The van der Waals surface area contributed by atoms with Crippen LogP contribution in [-0.2, 0) is 6.54 Å². The number of benzene rings is 1. The highest BCUT2D eigenvalue weighted by Crippen LogP contribution is 2.20. The van der Waals surface area contributed by atoms with Crippen LogP contribution < -0.4 is 5.32 Å². The SMILES string of the molecule is Cc1cc(C)n(CCCNc2cc(Br)ccc2C#N)n1. The van der Waals surface area contributed by atoms with Gasteiger partial charge in [-0.25, -0.2) is 0 Å². The summed E-state index contributed by atoms with van der Waals surface area (Å²) >= 11 is 3.42. The third kappa shape index (κ3) is 3.61. The van der Waals surface area contributed by atoms with Crippen LogP contribution >= 0.6 is 15.9 Å². The summed E-state index contributed by atoms with van der Waals surface area (Å²) in [5, 5.41) is 16.8. The van der Waals surface area contributed by atoms with Crippen molar-refractivity contribution < 1.29 is 0 Å². The van der Waals surface area contributed by atoms with Crippen LogP contribution in [0.5, 0.6) is 0 Å². The Morgan fingerprint density at radius 2 is 2.15 bits per heavy atom. The number of aromatic nitrogens is 2. The molecular formula is C15H17BrN4. The van der Waals surface area contributed by atoms with Gasteiger partial charge in [-0.15, -0.1) is 0 Å². The molecule has 0 saturated carbocycles. The number of aryl methyl sites for hydroxylation is 3. The number of hydrogen-bond acceptors (Lipinski definition) is 3. The van der Waals surface area contributed by atoms with E-state index in [4.69, 9.17) is 5.26 Å². The van der Waals surface area contributed by atoms with Crippen molar-refractivity contribution in [2.24, 2.45) is 0 Å². The Labute approximate surface area is 127 Å². The second kappa shape index (κ2) is 6.58. The number of nitriles is 1. The maximum absolute atomic E-state index is 9.06. The van der Waals surface area contributed by atoms with Gasteiger partial charge in [0.25, 0.3) is 0 Å². The molecule has 1 heterocycles. The molecule has 0 saturated heterocycles. The predicted octanol–water partition coefficient (Wildman–Crippen LogP) is 3.64. The van der Waals surface area contributed by atoms with Gasteiger partial charge < -0.3 is 5.32 Å². The van der Waals surface area contributed by atoms with Crippen molar-refractivity contribution in [2.75, 3.05) is 11.9 Å². The molecular weight excluding hydrogens is 316 g/mol. The third-order valence-corrected chi connectivity index (χ3v) is 3.56. The molecule has 104 valence electrons. The van der Waals surface area contributed by atoms with Crippen LogP contribution in [0.4, 0.5) is 5.69 Å². The fraction of sp³-hybridized carbons (Fsp3) is 0.333. The Balaban J connectivity index is 1.89. The molecule has 0 atom stereocenters. The summed E-state index contributed by atoms with van der Waals surface area (Å²) in [6, 6.07) is 9.89. The van der Waals surface area contributed by atoms with Crippen LogP contribution in [0.2, 0.25) is 0 Å². The first-order valence-corrected chi connectivity index (χ1v) is 7.34. The molecule has 0 aliphatic heterocycles. The number of nitrogens with one attached hydrogen (secondary N) is 1. The van der Waals surface area contributed by atoms with Crippen LogP contribution in [0.25, 0.3) is 0 Å². The first kappa shape index (κ1) is 14.6. The first-order chi connectivity index (χ1) is 9.60. The second-order valence-electron chi connectivity index (χ2n) is 4.73. The zero-order valence-corrected chi connectivity index (χ0v) is 13.2. The van der Waals surface area contributed by atoms with E-state index in [1.165, 1.54) is 5.69 Å². The Morgan fingerprint density at radius 1 is 1.35 bits per heavy atom. The van der Waals surface area contributed by atoms with Crippen LogP contribution in [0, 0.1) is 25.2 Å². The molecule has 4 nitrogen and oxygen atoms in total. The Morgan fingerprint density at radius 3 is 2.80 bits per heavy atom. The van der Waals surface area contributed by atoms with Gasteiger partial charge in [0, 0.05) is 23.3 Å². The molecule has 5 heteroatoms. The topological polar surface area (TPSA) is 53.6 Å². The van der Waals surface area contributed by atoms with E-state index in [9.17, 15) is 0 Å². The molecule has 0 aliphatic rings. The molecule has 2 rings (SSSR count). The summed E-state index contributed by atoms with van der Waals surface area (Å²) in [6.45, 7) is 5.75. The van der Waals surface area contributed by atoms with E-state index in [0.717, 1.165) is 35.4 Å². The van der Waals surface area contributed by atoms with Gasteiger partial charge in [-0.3, -0.25) is 4.68 Å². The zero-order valence-electron chi connectivity index (χ0n) is 11.7. The van der Waals surface area contributed by atoms with Crippen molar-refractivity contribution in [2.45, 2.75) is 26.8 Å². The van der Waals surface area contributed by atoms with Crippen LogP contribution in [-0.4, -0.2) is 16.3 Å². The minimum absolute atomic E-state index is 0.666. The number of hydrogen-bond donors (Lipinski definition) is 1. The second-order valence-corrected chi connectivity index (χ2v) is 5.65. The van der Waals surface area contributed by atoms with Gasteiger partial charge in [0.2, 0.25) is 0 Å². The predicted molar refractivity (Wildman–Crippen MR) is 83.7 cm³/mol. The van der Waals surface area contributed by atoms with Gasteiger partial charge in [-0.1, -0.05) is 15.9 Å². The van der Waals surface area contributed by atoms with Crippen molar-refractivity contribution in [3.05, 3.63) is 45.7 Å². The lowest BCUT2D eigenvalue weighted by Gasteiger charge is -2.09. The largest absolute Gasteiger partial charge is 0.384 e. The molecule has 0 bridgehead atoms. The Bertz CT molecular complexity index is 640. The van der Waals surface area contributed by atoms with Gasteiger partial charge in [0.05, 0.1) is 16.9 Å². The van der Waals surface area contributed by atoms with Crippen molar-refractivity contribution in [1.29, 1.82) is 5.26 Å². The van der Waals surface area contributed by atoms with E-state index in [1.807, 2.05) is 29.8 Å². The number of anilines is 1. The molecule has 1 aromatic carbocycles. The molecule has 2 aromatic rings. The van der Waals surface area contributed by atoms with Crippen LogP contribution in [0.15, 0.2) is 28.7 Å². The highest BCUT2D eigenvalue weighted by atomic mass is 79.9. The zero-order chi connectivity index (χ0) is 14.5. The maximum atomic E-state index is 9.06. The number of rotatable bonds is 5. The average molecular weight is 333 g/mol. The highest BCUT2D eigenvalue weighted by Gasteiger charge is 2.03. The molecule has 20 heavy (non-hydrogen) atoms. The Kier molecular flexibility index (Phi) is 4.80. The summed E-state index contributed by atoms with van der Waals surface area (Å²) in [5.41, 5.74) is 3.77. The average Bonchev–Trinajstić information content (AvgIpc) is 2.73. The normalized spacial score (nSPS) is 10.3. The standard InChI is InChI=1S/C15H17BrN4/c1-11-8-12(2)20(19-11)7-3-6-18-15-9-14(16)5-4-13(15)10-17/h4-5,8-9,18H,3,6-7H2,1-2H3. The van der Waals surface area contributed by atoms with E-state index < -0.39 is 0 Å². The van der Waals surface area contributed by atoms with Gasteiger partial charge >= 0.3 is 0 Å². The van der Waals surface area contributed by atoms with Gasteiger partial charge in [0.1, 0.15) is 6.07 Å². The Hall–Kier alpha value is -1.80. The van der Waals surface area contributed by atoms with Crippen LogP contribution in [0.3, 0.4) is 0 Å². The van der Waals surface area contributed by atoms with E-state index in [1.54, 1.807) is 0 Å². The van der Waals surface area contributed by atoms with E-state index in [0.29, 0.717) is 5.56 Å². The van der Waals surface area contributed by atoms with Gasteiger partial charge in [0.15, 0.2) is 0 Å². The summed E-state index contributed by atoms with van der Waals surface area (Å²) in [7, 11) is 0. The smallest absolute Gasteiger partial charge is 0.101 e. The minimum Gasteiger partial charge on any atom is -0.384 e. The molecule has 1 N–H and O–H groups in total. The summed E-state index contributed by atoms with van der Waals surface area (Å²) in [4.78, 5) is 0. The molecule has 0 amide bonds. The number of nitrogens with zero attached hydrogens (tertiary/aromatic N) is 3. The lowest BCUT2D eigenvalue weighted by molar-refractivity contribution is 0.574. The van der Waals surface area contributed by atoms with Crippen molar-refractivity contribution in [1.82, 2.24) is 9.78 Å². The van der Waals surface area contributed by atoms with Gasteiger partial charge in [-0.2, -0.15) is 10.4 Å². The summed E-state index contributed by atoms with van der Waals surface area (Å²) in [6.07, 6.45) is 0.958. The van der Waals surface area contributed by atoms with Crippen molar-refractivity contribution in [3.63, 3.8) is 0 Å². The summed E-state index contributed by atoms with van der Waals surface area (Å²) < 4.78 is 2.99. The summed E-state index contributed by atoms with van der Waals surface area (Å²) in [5.74, 6) is 0. The van der Waals surface area contributed by atoms with Crippen LogP contribution in [0.1, 0.15) is 23.4 Å². The monoisotopic (exact) mass is 332 g/mol. The maximum Gasteiger partial charge on any atom is 0.101 e. The fourth-order valence-electron chi connectivity index (χ4n) is 2.11. The van der Waals surface area contributed by atoms with E-state index in [2.05, 4.69) is 45.4 Å². The highest BCUT2D eigenvalue weighted by molar-refractivity contribution is 9.10. The van der Waals surface area contributed by atoms with Gasteiger partial charge in [-0.05, 0) is 44.5 Å². The molecule has 1 aromatic heterocycles.